The highest BCUT2D eigenvalue weighted by Gasteiger charge is 2.34. The van der Waals surface area contributed by atoms with Crippen molar-refractivity contribution < 1.29 is 18.0 Å². The fourth-order valence-electron chi connectivity index (χ4n) is 4.37. The molecule has 7 nitrogen and oxygen atoms in total. The zero-order chi connectivity index (χ0) is 30.3. The number of halogens is 2. The maximum atomic E-state index is 14.1. The SMILES string of the molecule is CCCNC(=O)[C@H](CC)N(Cc1ccc(Cl)cc1Cl)C(=O)CN(c1ccc(C)c(C)c1)S(=O)(=O)c1ccc(C)cc1. The second-order valence-corrected chi connectivity index (χ2v) is 12.8. The van der Waals surface area contributed by atoms with E-state index in [9.17, 15) is 18.0 Å². The van der Waals surface area contributed by atoms with Crippen LogP contribution in [0.3, 0.4) is 0 Å². The van der Waals surface area contributed by atoms with Gasteiger partial charge in [-0.05, 0) is 86.7 Å². The van der Waals surface area contributed by atoms with Gasteiger partial charge in [0.15, 0.2) is 0 Å². The normalized spacial score (nSPS) is 12.1. The van der Waals surface area contributed by atoms with Crippen LogP contribution in [0.1, 0.15) is 48.9 Å². The van der Waals surface area contributed by atoms with Gasteiger partial charge in [-0.25, -0.2) is 8.42 Å². The number of benzene rings is 3. The maximum Gasteiger partial charge on any atom is 0.264 e. The Labute approximate surface area is 253 Å². The van der Waals surface area contributed by atoms with Crippen molar-refractivity contribution in [1.82, 2.24) is 10.2 Å². The minimum atomic E-state index is -4.14. The zero-order valence-corrected chi connectivity index (χ0v) is 26.4. The number of carbonyl (C=O) groups is 2. The van der Waals surface area contributed by atoms with Gasteiger partial charge in [-0.3, -0.25) is 13.9 Å². The highest BCUT2D eigenvalue weighted by atomic mass is 35.5. The second-order valence-electron chi connectivity index (χ2n) is 10.1. The van der Waals surface area contributed by atoms with Crippen molar-refractivity contribution in [2.75, 3.05) is 17.4 Å². The minimum absolute atomic E-state index is 0.00175. The first-order valence-corrected chi connectivity index (χ1v) is 15.8. The molecule has 0 saturated carbocycles. The molecular weight excluding hydrogens is 581 g/mol. The van der Waals surface area contributed by atoms with Crippen molar-refractivity contribution in [2.45, 2.75) is 64.9 Å². The van der Waals surface area contributed by atoms with Crippen LogP contribution in [0.2, 0.25) is 10.0 Å². The Morgan fingerprint density at radius 2 is 1.59 bits per heavy atom. The third kappa shape index (κ3) is 8.03. The number of nitrogens with one attached hydrogen (secondary N) is 1. The van der Waals surface area contributed by atoms with Crippen LogP contribution in [-0.2, 0) is 26.2 Å². The van der Waals surface area contributed by atoms with Gasteiger partial charge in [-0.2, -0.15) is 0 Å². The molecule has 0 aromatic heterocycles. The van der Waals surface area contributed by atoms with Crippen LogP contribution in [0.25, 0.3) is 0 Å². The Morgan fingerprint density at radius 3 is 2.17 bits per heavy atom. The summed E-state index contributed by atoms with van der Waals surface area (Å²) in [6, 6.07) is 15.8. The van der Waals surface area contributed by atoms with E-state index in [0.29, 0.717) is 34.3 Å². The van der Waals surface area contributed by atoms with Gasteiger partial charge < -0.3 is 10.2 Å². The van der Waals surface area contributed by atoms with Crippen molar-refractivity contribution in [2.24, 2.45) is 0 Å². The highest BCUT2D eigenvalue weighted by molar-refractivity contribution is 7.92. The van der Waals surface area contributed by atoms with E-state index in [1.165, 1.54) is 17.0 Å². The maximum absolute atomic E-state index is 14.1. The molecule has 0 saturated heterocycles. The molecule has 0 unspecified atom stereocenters. The molecule has 41 heavy (non-hydrogen) atoms. The molecule has 0 fully saturated rings. The summed E-state index contributed by atoms with van der Waals surface area (Å²) in [7, 11) is -4.14. The summed E-state index contributed by atoms with van der Waals surface area (Å²) in [6.45, 7) is 9.38. The molecule has 220 valence electrons. The van der Waals surface area contributed by atoms with E-state index < -0.39 is 28.5 Å². The molecular formula is C31H37Cl2N3O4S. The highest BCUT2D eigenvalue weighted by Crippen LogP contribution is 2.28. The molecule has 3 rings (SSSR count). The van der Waals surface area contributed by atoms with E-state index in [1.54, 1.807) is 42.5 Å². The summed E-state index contributed by atoms with van der Waals surface area (Å²) >= 11 is 12.5. The van der Waals surface area contributed by atoms with Crippen LogP contribution in [-0.4, -0.2) is 44.3 Å². The van der Waals surface area contributed by atoms with Gasteiger partial charge in [0.1, 0.15) is 12.6 Å². The van der Waals surface area contributed by atoms with Gasteiger partial charge in [-0.1, -0.05) is 66.9 Å². The predicted molar refractivity (Wildman–Crippen MR) is 166 cm³/mol. The van der Waals surface area contributed by atoms with Crippen molar-refractivity contribution in [3.8, 4) is 0 Å². The molecule has 2 amide bonds. The van der Waals surface area contributed by atoms with Gasteiger partial charge in [0, 0.05) is 23.1 Å². The average Bonchev–Trinajstić information content (AvgIpc) is 2.93. The third-order valence-corrected chi connectivity index (χ3v) is 9.33. The lowest BCUT2D eigenvalue weighted by atomic mass is 10.1. The number of hydrogen-bond donors (Lipinski definition) is 1. The van der Waals surface area contributed by atoms with Gasteiger partial charge >= 0.3 is 0 Å². The monoisotopic (exact) mass is 617 g/mol. The molecule has 0 aliphatic rings. The van der Waals surface area contributed by atoms with Gasteiger partial charge in [-0.15, -0.1) is 0 Å². The summed E-state index contributed by atoms with van der Waals surface area (Å²) in [5.74, 6) is -0.852. The molecule has 1 N–H and O–H groups in total. The number of sulfonamides is 1. The Hall–Kier alpha value is -3.07. The topological polar surface area (TPSA) is 86.8 Å². The third-order valence-electron chi connectivity index (χ3n) is 6.96. The van der Waals surface area contributed by atoms with Crippen LogP contribution in [0.15, 0.2) is 65.6 Å². The smallest absolute Gasteiger partial charge is 0.264 e. The molecule has 0 bridgehead atoms. The molecule has 3 aromatic carbocycles. The summed E-state index contributed by atoms with van der Waals surface area (Å²) in [6.07, 6.45) is 1.05. The van der Waals surface area contributed by atoms with Crippen molar-refractivity contribution in [3.05, 3.63) is 93.0 Å². The average molecular weight is 619 g/mol. The number of amides is 2. The van der Waals surface area contributed by atoms with E-state index in [4.69, 9.17) is 23.2 Å². The van der Waals surface area contributed by atoms with E-state index in [-0.39, 0.29) is 17.3 Å². The van der Waals surface area contributed by atoms with Crippen LogP contribution in [0.5, 0.6) is 0 Å². The molecule has 10 heteroatoms. The summed E-state index contributed by atoms with van der Waals surface area (Å²) in [4.78, 5) is 28.8. The van der Waals surface area contributed by atoms with E-state index in [2.05, 4.69) is 5.32 Å². The van der Waals surface area contributed by atoms with E-state index >= 15 is 0 Å². The molecule has 0 radical (unpaired) electrons. The van der Waals surface area contributed by atoms with Gasteiger partial charge in [0.25, 0.3) is 10.0 Å². The molecule has 3 aromatic rings. The minimum Gasteiger partial charge on any atom is -0.354 e. The van der Waals surface area contributed by atoms with Crippen molar-refractivity contribution in [1.29, 1.82) is 0 Å². The summed E-state index contributed by atoms with van der Waals surface area (Å²) < 4.78 is 29.1. The Bertz CT molecular complexity index is 1490. The lowest BCUT2D eigenvalue weighted by molar-refractivity contribution is -0.140. The largest absolute Gasteiger partial charge is 0.354 e. The van der Waals surface area contributed by atoms with Crippen molar-refractivity contribution >= 4 is 50.7 Å². The van der Waals surface area contributed by atoms with E-state index in [0.717, 1.165) is 27.4 Å². The van der Waals surface area contributed by atoms with Crippen LogP contribution >= 0.6 is 23.2 Å². The Kier molecular flexibility index (Phi) is 11.2. The summed E-state index contributed by atoms with van der Waals surface area (Å²) in [5, 5.41) is 3.65. The fraction of sp³-hybridized carbons (Fsp3) is 0.355. The second kappa shape index (κ2) is 14.2. The lowest BCUT2D eigenvalue weighted by Crippen LogP contribution is -2.52. The molecule has 0 aliphatic carbocycles. The predicted octanol–water partition coefficient (Wildman–Crippen LogP) is 6.45. The summed E-state index contributed by atoms with van der Waals surface area (Å²) in [5.41, 5.74) is 3.73. The number of carbonyl (C=O) groups excluding carboxylic acids is 2. The fourth-order valence-corrected chi connectivity index (χ4v) is 6.24. The number of anilines is 1. The molecule has 0 spiro atoms. The Balaban J connectivity index is 2.10. The quantitative estimate of drug-likeness (QED) is 0.253. The van der Waals surface area contributed by atoms with E-state index in [1.807, 2.05) is 40.7 Å². The standard InChI is InChI=1S/C31H37Cl2N3O4S/c1-6-16-34-31(38)29(7-2)35(19-24-11-12-25(32)18-28(24)33)30(37)20-36(26-13-10-22(4)23(5)17-26)41(39,40)27-14-8-21(3)9-15-27/h8-15,17-18,29H,6-7,16,19-20H2,1-5H3,(H,34,38)/t29-/m0/s1. The van der Waals surface area contributed by atoms with Crippen LogP contribution < -0.4 is 9.62 Å². The first-order valence-electron chi connectivity index (χ1n) is 13.6. The first-order chi connectivity index (χ1) is 19.4. The molecule has 0 heterocycles. The first kappa shape index (κ1) is 32.4. The number of hydrogen-bond acceptors (Lipinski definition) is 4. The Morgan fingerprint density at radius 1 is 0.902 bits per heavy atom. The number of aryl methyl sites for hydroxylation is 3. The van der Waals surface area contributed by atoms with Crippen molar-refractivity contribution in [3.63, 3.8) is 0 Å². The van der Waals surface area contributed by atoms with Crippen LogP contribution in [0, 0.1) is 20.8 Å². The van der Waals surface area contributed by atoms with Gasteiger partial charge in [0.2, 0.25) is 11.8 Å². The zero-order valence-electron chi connectivity index (χ0n) is 24.1. The molecule has 0 aliphatic heterocycles. The number of rotatable bonds is 12. The van der Waals surface area contributed by atoms with Crippen LogP contribution in [0.4, 0.5) is 5.69 Å². The number of nitrogens with zero attached hydrogens (tertiary/aromatic N) is 2. The lowest BCUT2D eigenvalue weighted by Gasteiger charge is -2.33. The molecule has 1 atom stereocenters. The van der Waals surface area contributed by atoms with Gasteiger partial charge in [0.05, 0.1) is 10.6 Å².